The average molecular weight is 394 g/mol. The molecule has 0 aromatic carbocycles. The van der Waals surface area contributed by atoms with Crippen LogP contribution in [0.2, 0.25) is 0 Å². The van der Waals surface area contributed by atoms with Crippen molar-refractivity contribution in [3.8, 4) is 5.75 Å². The molecule has 0 aliphatic carbocycles. The van der Waals surface area contributed by atoms with Crippen LogP contribution in [0.5, 0.6) is 5.75 Å². The number of carbonyl (C=O) groups excluding carboxylic acids is 3. The zero-order valence-corrected chi connectivity index (χ0v) is 16.9. The van der Waals surface area contributed by atoms with Crippen molar-refractivity contribution in [2.24, 2.45) is 0 Å². The maximum absolute atomic E-state index is 12.2. The average Bonchev–Trinajstić information content (AvgIpc) is 2.70. The molecule has 1 heterocycles. The van der Waals surface area contributed by atoms with E-state index in [0.29, 0.717) is 6.61 Å². The smallest absolute Gasteiger partial charge is 0.339 e. The fourth-order valence-corrected chi connectivity index (χ4v) is 2.46. The first-order chi connectivity index (χ1) is 13.5. The lowest BCUT2D eigenvalue weighted by atomic mass is 10.1. The Morgan fingerprint density at radius 2 is 1.75 bits per heavy atom. The summed E-state index contributed by atoms with van der Waals surface area (Å²) in [7, 11) is 1.37. The number of unbranched alkanes of at least 4 members (excludes halogenated alkanes) is 5. The highest BCUT2D eigenvalue weighted by Crippen LogP contribution is 2.18. The topological polar surface area (TPSA) is 104 Å². The Kier molecular flexibility index (Phi) is 11.3. The summed E-state index contributed by atoms with van der Waals surface area (Å²) in [6.45, 7) is 4.13. The molecular weight excluding hydrogens is 364 g/mol. The van der Waals surface area contributed by atoms with Crippen molar-refractivity contribution in [3.63, 3.8) is 0 Å². The van der Waals surface area contributed by atoms with Crippen LogP contribution in [-0.4, -0.2) is 49.7 Å². The van der Waals surface area contributed by atoms with Crippen LogP contribution in [0.25, 0.3) is 0 Å². The lowest BCUT2D eigenvalue weighted by molar-refractivity contribution is -0.141. The van der Waals surface area contributed by atoms with Gasteiger partial charge in [0, 0.05) is 6.20 Å². The van der Waals surface area contributed by atoms with Crippen molar-refractivity contribution in [3.05, 3.63) is 23.5 Å². The van der Waals surface area contributed by atoms with Gasteiger partial charge in [-0.15, -0.1) is 0 Å². The molecule has 0 spiro atoms. The molecule has 28 heavy (non-hydrogen) atoms. The van der Waals surface area contributed by atoms with Gasteiger partial charge in [0.05, 0.1) is 25.9 Å². The molecule has 1 rings (SSSR count). The van der Waals surface area contributed by atoms with E-state index >= 15 is 0 Å². The monoisotopic (exact) mass is 394 g/mol. The predicted octanol–water partition coefficient (Wildman–Crippen LogP) is 2.90. The molecule has 1 aromatic heterocycles. The lowest BCUT2D eigenvalue weighted by Gasteiger charge is -2.10. The third kappa shape index (κ3) is 8.37. The number of amides is 1. The lowest BCUT2D eigenvalue weighted by Crippen LogP contribution is -2.31. The standard InChI is InChI=1S/C20H30N2O6/c1-4-6-7-8-9-10-11-28-20(25)15-12-16(26-3)18(21-13-15)19(24)22-14-17(23)27-5-2/h12-13H,4-11,14H2,1-3H3,(H,22,24). The van der Waals surface area contributed by atoms with E-state index in [4.69, 9.17) is 14.2 Å². The zero-order valence-electron chi connectivity index (χ0n) is 16.9. The van der Waals surface area contributed by atoms with Gasteiger partial charge < -0.3 is 19.5 Å². The number of hydrogen-bond acceptors (Lipinski definition) is 7. The van der Waals surface area contributed by atoms with Gasteiger partial charge in [0.15, 0.2) is 11.4 Å². The van der Waals surface area contributed by atoms with Gasteiger partial charge in [-0.25, -0.2) is 9.78 Å². The Bertz CT molecular complexity index is 648. The third-order valence-corrected chi connectivity index (χ3v) is 3.95. The van der Waals surface area contributed by atoms with E-state index in [0.717, 1.165) is 19.3 Å². The van der Waals surface area contributed by atoms with E-state index in [9.17, 15) is 14.4 Å². The Morgan fingerprint density at radius 1 is 1.04 bits per heavy atom. The number of carbonyl (C=O) groups is 3. The number of rotatable bonds is 13. The van der Waals surface area contributed by atoms with E-state index in [2.05, 4.69) is 17.2 Å². The second kappa shape index (κ2) is 13.5. The molecule has 0 aliphatic heterocycles. The molecule has 1 aromatic rings. The summed E-state index contributed by atoms with van der Waals surface area (Å²) in [6.07, 6.45) is 7.85. The summed E-state index contributed by atoms with van der Waals surface area (Å²) in [4.78, 5) is 39.6. The first-order valence-electron chi connectivity index (χ1n) is 9.68. The van der Waals surface area contributed by atoms with Gasteiger partial charge in [-0.3, -0.25) is 9.59 Å². The maximum Gasteiger partial charge on any atom is 0.339 e. The van der Waals surface area contributed by atoms with Crippen LogP contribution in [0.3, 0.4) is 0 Å². The number of hydrogen-bond donors (Lipinski definition) is 1. The number of nitrogens with one attached hydrogen (secondary N) is 1. The van der Waals surface area contributed by atoms with Gasteiger partial charge in [0.2, 0.25) is 0 Å². The van der Waals surface area contributed by atoms with Gasteiger partial charge in [-0.1, -0.05) is 39.0 Å². The molecule has 8 nitrogen and oxygen atoms in total. The Hall–Kier alpha value is -2.64. The normalized spacial score (nSPS) is 10.2. The van der Waals surface area contributed by atoms with Crippen LogP contribution in [0.1, 0.15) is 73.2 Å². The quantitative estimate of drug-likeness (QED) is 0.405. The van der Waals surface area contributed by atoms with Gasteiger partial charge in [0.1, 0.15) is 6.54 Å². The molecule has 0 radical (unpaired) electrons. The van der Waals surface area contributed by atoms with Crippen molar-refractivity contribution >= 4 is 17.8 Å². The molecule has 1 amide bonds. The number of ether oxygens (including phenoxy) is 3. The Balaban J connectivity index is 2.55. The summed E-state index contributed by atoms with van der Waals surface area (Å²) in [5, 5.41) is 2.40. The van der Waals surface area contributed by atoms with Gasteiger partial charge in [-0.2, -0.15) is 0 Å². The van der Waals surface area contributed by atoms with Crippen LogP contribution in [0.4, 0.5) is 0 Å². The van der Waals surface area contributed by atoms with E-state index in [-0.39, 0.29) is 30.2 Å². The third-order valence-electron chi connectivity index (χ3n) is 3.95. The summed E-state index contributed by atoms with van der Waals surface area (Å²) in [5.74, 6) is -1.55. The molecule has 0 bridgehead atoms. The van der Waals surface area contributed by atoms with Crippen molar-refractivity contribution in [1.29, 1.82) is 0 Å². The van der Waals surface area contributed by atoms with Gasteiger partial charge in [-0.05, 0) is 19.4 Å². The molecule has 0 unspecified atom stereocenters. The minimum atomic E-state index is -0.600. The summed E-state index contributed by atoms with van der Waals surface area (Å²) in [5.41, 5.74) is 0.170. The second-order valence-electron chi connectivity index (χ2n) is 6.17. The SMILES string of the molecule is CCCCCCCCOC(=O)c1cnc(C(=O)NCC(=O)OCC)c(OC)c1. The van der Waals surface area contributed by atoms with Crippen molar-refractivity contribution in [2.75, 3.05) is 26.9 Å². The van der Waals surface area contributed by atoms with Gasteiger partial charge in [0.25, 0.3) is 5.91 Å². The number of esters is 2. The first-order valence-corrected chi connectivity index (χ1v) is 9.68. The summed E-state index contributed by atoms with van der Waals surface area (Å²) >= 11 is 0. The second-order valence-corrected chi connectivity index (χ2v) is 6.17. The van der Waals surface area contributed by atoms with Crippen LogP contribution < -0.4 is 10.1 Å². The zero-order chi connectivity index (χ0) is 20.8. The first kappa shape index (κ1) is 23.4. The van der Waals surface area contributed by atoms with Crippen LogP contribution >= 0.6 is 0 Å². The molecule has 0 saturated carbocycles. The van der Waals surface area contributed by atoms with Crippen LogP contribution in [-0.2, 0) is 14.3 Å². The fraction of sp³-hybridized carbons (Fsp3) is 0.600. The maximum atomic E-state index is 12.2. The Labute approximate surface area is 166 Å². The van der Waals surface area contributed by atoms with Crippen molar-refractivity contribution in [1.82, 2.24) is 10.3 Å². The minimum Gasteiger partial charge on any atom is -0.494 e. The number of nitrogens with zero attached hydrogens (tertiary/aromatic N) is 1. The highest BCUT2D eigenvalue weighted by Gasteiger charge is 2.18. The van der Waals surface area contributed by atoms with E-state index in [1.54, 1.807) is 6.92 Å². The van der Waals surface area contributed by atoms with Crippen LogP contribution in [0, 0.1) is 0 Å². The molecule has 0 saturated heterocycles. The summed E-state index contributed by atoms with van der Waals surface area (Å²) in [6, 6.07) is 1.40. The fourth-order valence-electron chi connectivity index (χ4n) is 2.46. The molecule has 0 fully saturated rings. The highest BCUT2D eigenvalue weighted by molar-refractivity contribution is 5.98. The van der Waals surface area contributed by atoms with E-state index in [1.807, 2.05) is 0 Å². The van der Waals surface area contributed by atoms with Crippen LogP contribution in [0.15, 0.2) is 12.3 Å². The van der Waals surface area contributed by atoms with Crippen molar-refractivity contribution in [2.45, 2.75) is 52.4 Å². The largest absolute Gasteiger partial charge is 0.494 e. The van der Waals surface area contributed by atoms with Crippen molar-refractivity contribution < 1.29 is 28.6 Å². The molecule has 8 heteroatoms. The molecule has 0 atom stereocenters. The highest BCUT2D eigenvalue weighted by atomic mass is 16.5. The number of aromatic nitrogens is 1. The Morgan fingerprint density at radius 3 is 2.43 bits per heavy atom. The molecular formula is C20H30N2O6. The predicted molar refractivity (Wildman–Crippen MR) is 103 cm³/mol. The summed E-state index contributed by atoms with van der Waals surface area (Å²) < 4.78 is 15.1. The molecule has 156 valence electrons. The minimum absolute atomic E-state index is 0.0285. The molecule has 0 aliphatic rings. The van der Waals surface area contributed by atoms with E-state index in [1.165, 1.54) is 38.6 Å². The van der Waals surface area contributed by atoms with Gasteiger partial charge >= 0.3 is 11.9 Å². The number of pyridine rings is 1. The van der Waals surface area contributed by atoms with E-state index < -0.39 is 17.8 Å². The molecule has 1 N–H and O–H groups in total. The number of methoxy groups -OCH3 is 1.